The van der Waals surface area contributed by atoms with Crippen molar-refractivity contribution < 1.29 is 19.5 Å². The molecule has 132 valence electrons. The molecule has 1 atom stereocenters. The predicted octanol–water partition coefficient (Wildman–Crippen LogP) is 0.665. The highest BCUT2D eigenvalue weighted by atomic mass is 16.3. The molecular weight excluding hydrogens is 336 g/mol. The lowest BCUT2D eigenvalue weighted by atomic mass is 9.89. The van der Waals surface area contributed by atoms with Crippen molar-refractivity contribution in [1.29, 1.82) is 0 Å². The van der Waals surface area contributed by atoms with Crippen LogP contribution in [0.2, 0.25) is 0 Å². The second kappa shape index (κ2) is 5.48. The van der Waals surface area contributed by atoms with Gasteiger partial charge in [-0.25, -0.2) is 4.79 Å². The molecule has 0 aliphatic carbocycles. The molecule has 4 rings (SSSR count). The molecule has 1 fully saturated rings. The average molecular weight is 352 g/mol. The predicted molar refractivity (Wildman–Crippen MR) is 92.1 cm³/mol. The fourth-order valence-corrected chi connectivity index (χ4v) is 3.45. The summed E-state index contributed by atoms with van der Waals surface area (Å²) in [6.45, 7) is 0.200. The van der Waals surface area contributed by atoms with Crippen molar-refractivity contribution in [2.75, 3.05) is 12.3 Å². The number of rotatable bonds is 3. The summed E-state index contributed by atoms with van der Waals surface area (Å²) in [5, 5.41) is 14.5. The van der Waals surface area contributed by atoms with Gasteiger partial charge in [-0.2, -0.15) is 0 Å². The smallest absolute Gasteiger partial charge is 0.322 e. The number of hydrogen-bond acceptors (Lipinski definition) is 5. The maximum absolute atomic E-state index is 12.7. The van der Waals surface area contributed by atoms with Crippen molar-refractivity contribution in [1.82, 2.24) is 15.5 Å². The van der Waals surface area contributed by atoms with Crippen LogP contribution in [0, 0.1) is 0 Å². The summed E-state index contributed by atoms with van der Waals surface area (Å²) < 4.78 is 0. The van der Waals surface area contributed by atoms with E-state index in [1.54, 1.807) is 30.3 Å². The Bertz CT molecular complexity index is 941. The van der Waals surface area contributed by atoms with Crippen LogP contribution in [0.25, 0.3) is 0 Å². The van der Waals surface area contributed by atoms with Gasteiger partial charge in [-0.3, -0.25) is 14.9 Å². The lowest BCUT2D eigenvalue weighted by Gasteiger charge is -2.31. The summed E-state index contributed by atoms with van der Waals surface area (Å²) in [5.41, 5.74) is 6.51. The lowest BCUT2D eigenvalue weighted by Crippen LogP contribution is -2.52. The van der Waals surface area contributed by atoms with Crippen LogP contribution in [0.4, 0.5) is 10.5 Å². The minimum absolute atomic E-state index is 0.0389. The quantitative estimate of drug-likeness (QED) is 0.477. The second-order valence-corrected chi connectivity index (χ2v) is 6.44. The minimum Gasteiger partial charge on any atom is -0.508 e. The van der Waals surface area contributed by atoms with Crippen LogP contribution in [-0.2, 0) is 16.9 Å². The third-order valence-corrected chi connectivity index (χ3v) is 4.74. The van der Waals surface area contributed by atoms with E-state index in [4.69, 9.17) is 5.73 Å². The topological polar surface area (TPSA) is 125 Å². The van der Waals surface area contributed by atoms with Gasteiger partial charge in [-0.05, 0) is 41.5 Å². The number of hydrogen-bond donors (Lipinski definition) is 4. The Kier molecular flexibility index (Phi) is 3.36. The highest BCUT2D eigenvalue weighted by Gasteiger charge is 2.50. The second-order valence-electron chi connectivity index (χ2n) is 6.44. The van der Waals surface area contributed by atoms with Gasteiger partial charge in [0, 0.05) is 17.8 Å². The monoisotopic (exact) mass is 352 g/mol. The summed E-state index contributed by atoms with van der Waals surface area (Å²) in [4.78, 5) is 38.6. The van der Waals surface area contributed by atoms with Crippen molar-refractivity contribution in [2.24, 2.45) is 0 Å². The zero-order chi connectivity index (χ0) is 18.5. The molecule has 2 heterocycles. The number of carbonyl (C=O) groups excluding carboxylic acids is 3. The molecule has 0 radical (unpaired) electrons. The Labute approximate surface area is 148 Å². The average Bonchev–Trinajstić information content (AvgIpc) is 3.05. The van der Waals surface area contributed by atoms with Gasteiger partial charge < -0.3 is 21.1 Å². The van der Waals surface area contributed by atoms with E-state index in [-0.39, 0.29) is 24.7 Å². The number of phenols is 1. The number of urea groups is 1. The van der Waals surface area contributed by atoms with Gasteiger partial charge in [-0.1, -0.05) is 12.1 Å². The maximum Gasteiger partial charge on any atom is 0.322 e. The largest absolute Gasteiger partial charge is 0.508 e. The fourth-order valence-electron chi connectivity index (χ4n) is 3.45. The van der Waals surface area contributed by atoms with Crippen molar-refractivity contribution >= 4 is 23.5 Å². The molecule has 0 aromatic heterocycles. The Morgan fingerprint density at radius 2 is 1.85 bits per heavy atom. The first-order chi connectivity index (χ1) is 12.4. The normalized spacial score (nSPS) is 21.5. The van der Waals surface area contributed by atoms with E-state index >= 15 is 0 Å². The van der Waals surface area contributed by atoms with Gasteiger partial charge in [0.15, 0.2) is 5.54 Å². The van der Waals surface area contributed by atoms with E-state index in [1.807, 2.05) is 0 Å². The number of nitrogens with two attached hydrogens (primary N) is 1. The molecule has 1 saturated heterocycles. The van der Waals surface area contributed by atoms with E-state index < -0.39 is 17.5 Å². The van der Waals surface area contributed by atoms with Gasteiger partial charge in [-0.15, -0.1) is 0 Å². The lowest BCUT2D eigenvalue weighted by molar-refractivity contribution is -0.124. The molecule has 2 aliphatic heterocycles. The number of phenolic OH excluding ortho intramolecular Hbond substituents is 1. The maximum atomic E-state index is 12.7. The van der Waals surface area contributed by atoms with Crippen LogP contribution in [0.5, 0.6) is 5.75 Å². The van der Waals surface area contributed by atoms with Crippen LogP contribution in [-0.4, -0.2) is 34.4 Å². The van der Waals surface area contributed by atoms with Crippen LogP contribution >= 0.6 is 0 Å². The van der Waals surface area contributed by atoms with Gasteiger partial charge >= 0.3 is 6.03 Å². The molecule has 0 saturated carbocycles. The summed E-state index contributed by atoms with van der Waals surface area (Å²) in [5.74, 6) is -0.721. The third-order valence-electron chi connectivity index (χ3n) is 4.74. The summed E-state index contributed by atoms with van der Waals surface area (Å²) in [7, 11) is 0. The Morgan fingerprint density at radius 1 is 1.12 bits per heavy atom. The number of amides is 4. The van der Waals surface area contributed by atoms with Crippen LogP contribution < -0.4 is 16.4 Å². The van der Waals surface area contributed by atoms with E-state index in [9.17, 15) is 19.5 Å². The molecule has 8 nitrogen and oxygen atoms in total. The number of carbonyl (C=O) groups is 3. The number of fused-ring (bicyclic) bond motifs is 1. The zero-order valence-corrected chi connectivity index (χ0v) is 13.7. The number of aromatic hydroxyl groups is 1. The first kappa shape index (κ1) is 15.9. The molecular formula is C18H16N4O4. The molecule has 5 N–H and O–H groups in total. The van der Waals surface area contributed by atoms with Gasteiger partial charge in [0.1, 0.15) is 5.75 Å². The molecule has 0 spiro atoms. The highest BCUT2D eigenvalue weighted by molar-refractivity contribution is 6.08. The highest BCUT2D eigenvalue weighted by Crippen LogP contribution is 2.32. The zero-order valence-electron chi connectivity index (χ0n) is 13.7. The Balaban J connectivity index is 1.71. The number of benzene rings is 2. The molecule has 0 bridgehead atoms. The van der Waals surface area contributed by atoms with Crippen molar-refractivity contribution in [3.8, 4) is 5.75 Å². The Morgan fingerprint density at radius 3 is 2.50 bits per heavy atom. The van der Waals surface area contributed by atoms with Crippen LogP contribution in [0.1, 0.15) is 21.5 Å². The third kappa shape index (κ3) is 2.34. The molecule has 2 aromatic rings. The van der Waals surface area contributed by atoms with E-state index in [2.05, 4.69) is 10.6 Å². The molecule has 2 aliphatic rings. The van der Waals surface area contributed by atoms with Gasteiger partial charge in [0.25, 0.3) is 11.8 Å². The first-order valence-electron chi connectivity index (χ1n) is 8.00. The van der Waals surface area contributed by atoms with E-state index in [0.717, 1.165) is 0 Å². The summed E-state index contributed by atoms with van der Waals surface area (Å²) in [6, 6.07) is 10.5. The molecule has 8 heteroatoms. The molecule has 26 heavy (non-hydrogen) atoms. The van der Waals surface area contributed by atoms with Gasteiger partial charge in [0.2, 0.25) is 0 Å². The van der Waals surface area contributed by atoms with E-state index in [1.165, 1.54) is 17.0 Å². The number of anilines is 1. The van der Waals surface area contributed by atoms with Gasteiger partial charge in [0.05, 0.1) is 6.54 Å². The fraction of sp³-hybridized carbons (Fsp3) is 0.167. The van der Waals surface area contributed by atoms with E-state index in [0.29, 0.717) is 22.4 Å². The number of nitrogen functional groups attached to an aromatic ring is 1. The minimum atomic E-state index is -1.40. The van der Waals surface area contributed by atoms with Crippen LogP contribution in [0.3, 0.4) is 0 Å². The Hall–Kier alpha value is -3.55. The number of nitrogens with one attached hydrogen (secondary N) is 2. The summed E-state index contributed by atoms with van der Waals surface area (Å²) in [6.07, 6.45) is 0. The first-order valence-corrected chi connectivity index (χ1v) is 8.00. The van der Waals surface area contributed by atoms with Crippen LogP contribution in [0.15, 0.2) is 42.5 Å². The summed E-state index contributed by atoms with van der Waals surface area (Å²) >= 11 is 0. The molecule has 0 unspecified atom stereocenters. The number of imide groups is 1. The van der Waals surface area contributed by atoms with Crippen molar-refractivity contribution in [3.05, 3.63) is 59.2 Å². The standard InChI is InChI=1S/C18H16N4O4/c19-12-3-1-11(2-4-12)18(16(25)20-17(26)21-18)9-22-8-10-7-13(23)5-6-14(10)15(22)24/h1-7,23H,8-9,19H2,(H2,20,21,25,26)/t18-/m0/s1. The number of nitrogens with zero attached hydrogens (tertiary/aromatic N) is 1. The van der Waals surface area contributed by atoms with Crippen molar-refractivity contribution in [3.63, 3.8) is 0 Å². The SMILES string of the molecule is Nc1ccc([C@]2(CN3Cc4cc(O)ccc4C3=O)NC(=O)NC2=O)cc1. The molecule has 4 amide bonds. The molecule has 2 aromatic carbocycles. The van der Waals surface area contributed by atoms with Crippen molar-refractivity contribution in [2.45, 2.75) is 12.1 Å².